The van der Waals surface area contributed by atoms with E-state index >= 15 is 0 Å². The summed E-state index contributed by atoms with van der Waals surface area (Å²) in [6.07, 6.45) is 1.24. The molecular weight excluding hydrogens is 362 g/mol. The van der Waals surface area contributed by atoms with Gasteiger partial charge in [0.2, 0.25) is 11.8 Å². The van der Waals surface area contributed by atoms with Crippen LogP contribution >= 0.6 is 11.8 Å². The Morgan fingerprint density at radius 2 is 2.07 bits per heavy atom. The lowest BCUT2D eigenvalue weighted by atomic mass is 10.0. The first-order valence-corrected chi connectivity index (χ1v) is 10.6. The topological polar surface area (TPSA) is 70.7 Å². The van der Waals surface area contributed by atoms with E-state index in [1.165, 1.54) is 18.7 Å². The molecule has 2 fully saturated rings. The number of nitrogens with zero attached hydrogens (tertiary/aromatic N) is 1. The molecule has 3 rings (SSSR count). The largest absolute Gasteiger partial charge is 0.375 e. The van der Waals surface area contributed by atoms with E-state index in [0.717, 1.165) is 36.7 Å². The quantitative estimate of drug-likeness (QED) is 0.729. The number of rotatable bonds is 6. The highest BCUT2D eigenvalue weighted by molar-refractivity contribution is 8.00. The normalized spacial score (nSPS) is 25.3. The molecule has 2 aliphatic heterocycles. The molecule has 2 saturated heterocycles. The Hall–Kier alpha value is -1.57. The summed E-state index contributed by atoms with van der Waals surface area (Å²) < 4.78 is 5.96. The number of ether oxygens (including phenoxy) is 1. The monoisotopic (exact) mass is 391 g/mol. The Bertz CT molecular complexity index is 682. The van der Waals surface area contributed by atoms with Gasteiger partial charge >= 0.3 is 0 Å². The molecule has 0 aromatic heterocycles. The van der Waals surface area contributed by atoms with Crippen LogP contribution in [-0.4, -0.2) is 60.4 Å². The fourth-order valence-corrected chi connectivity index (χ4v) is 4.52. The van der Waals surface area contributed by atoms with Crippen LogP contribution in [0.4, 0.5) is 5.69 Å². The van der Waals surface area contributed by atoms with Gasteiger partial charge in [0.15, 0.2) is 0 Å². The van der Waals surface area contributed by atoms with Crippen molar-refractivity contribution in [3.8, 4) is 0 Å². The molecule has 27 heavy (non-hydrogen) atoms. The highest BCUT2D eigenvalue weighted by Crippen LogP contribution is 2.28. The Kier molecular flexibility index (Phi) is 6.78. The lowest BCUT2D eigenvalue weighted by Crippen LogP contribution is -2.48. The molecule has 0 aliphatic carbocycles. The zero-order valence-electron chi connectivity index (χ0n) is 16.2. The average Bonchev–Trinajstić information content (AvgIpc) is 3.01. The number of carbonyl (C=O) groups excluding carboxylic acids is 2. The minimum Gasteiger partial charge on any atom is -0.375 e. The van der Waals surface area contributed by atoms with E-state index in [0.29, 0.717) is 17.7 Å². The van der Waals surface area contributed by atoms with Gasteiger partial charge in [-0.25, -0.2) is 0 Å². The summed E-state index contributed by atoms with van der Waals surface area (Å²) in [6, 6.07) is 8.15. The molecule has 2 amide bonds. The highest BCUT2D eigenvalue weighted by atomic mass is 32.2. The van der Waals surface area contributed by atoms with Crippen molar-refractivity contribution in [2.75, 3.05) is 30.8 Å². The second kappa shape index (κ2) is 9.08. The number of morpholine rings is 1. The molecule has 0 radical (unpaired) electrons. The van der Waals surface area contributed by atoms with E-state index in [-0.39, 0.29) is 24.0 Å². The molecule has 148 valence electrons. The van der Waals surface area contributed by atoms with Gasteiger partial charge in [0, 0.05) is 37.0 Å². The van der Waals surface area contributed by atoms with Gasteiger partial charge in [0.05, 0.1) is 24.2 Å². The van der Waals surface area contributed by atoms with Crippen molar-refractivity contribution in [1.29, 1.82) is 0 Å². The Morgan fingerprint density at radius 1 is 1.30 bits per heavy atom. The molecule has 7 heteroatoms. The first kappa shape index (κ1) is 20.2. The predicted octanol–water partition coefficient (Wildman–Crippen LogP) is 2.35. The molecule has 1 aromatic rings. The average molecular weight is 392 g/mol. The molecule has 0 bridgehead atoms. The van der Waals surface area contributed by atoms with Crippen LogP contribution in [0.1, 0.15) is 27.2 Å². The van der Waals surface area contributed by atoms with Crippen molar-refractivity contribution in [2.24, 2.45) is 5.92 Å². The molecule has 2 N–H and O–H groups in total. The van der Waals surface area contributed by atoms with Gasteiger partial charge in [-0.05, 0) is 24.5 Å². The summed E-state index contributed by atoms with van der Waals surface area (Å²) >= 11 is 1.45. The lowest BCUT2D eigenvalue weighted by Gasteiger charge is -2.36. The van der Waals surface area contributed by atoms with E-state index in [2.05, 4.69) is 29.4 Å². The van der Waals surface area contributed by atoms with Crippen LogP contribution < -0.4 is 10.6 Å². The summed E-state index contributed by atoms with van der Waals surface area (Å²) in [6.45, 7) is 8.47. The molecule has 0 spiro atoms. The number of fused-ring (bicyclic) bond motifs is 1. The number of thioether (sulfide) groups is 1. The number of amides is 2. The van der Waals surface area contributed by atoms with Gasteiger partial charge in [-0.1, -0.05) is 26.0 Å². The summed E-state index contributed by atoms with van der Waals surface area (Å²) in [5.41, 5.74) is 0.748. The lowest BCUT2D eigenvalue weighted by molar-refractivity contribution is -0.119. The number of carbonyl (C=O) groups is 2. The molecule has 2 aliphatic rings. The van der Waals surface area contributed by atoms with Crippen LogP contribution in [0, 0.1) is 5.92 Å². The first-order chi connectivity index (χ1) is 12.9. The van der Waals surface area contributed by atoms with Crippen molar-refractivity contribution in [1.82, 2.24) is 10.2 Å². The summed E-state index contributed by atoms with van der Waals surface area (Å²) in [4.78, 5) is 27.1. The van der Waals surface area contributed by atoms with Crippen LogP contribution in [0.25, 0.3) is 0 Å². The Morgan fingerprint density at radius 3 is 2.81 bits per heavy atom. The van der Waals surface area contributed by atoms with E-state index in [1.54, 1.807) is 0 Å². The maximum absolute atomic E-state index is 12.4. The van der Waals surface area contributed by atoms with Crippen molar-refractivity contribution in [2.45, 2.75) is 50.3 Å². The van der Waals surface area contributed by atoms with E-state index < -0.39 is 0 Å². The van der Waals surface area contributed by atoms with Crippen molar-refractivity contribution >= 4 is 29.3 Å². The zero-order chi connectivity index (χ0) is 19.4. The highest BCUT2D eigenvalue weighted by Gasteiger charge is 2.38. The van der Waals surface area contributed by atoms with Gasteiger partial charge in [-0.3, -0.25) is 14.5 Å². The third-order valence-corrected chi connectivity index (χ3v) is 6.18. The van der Waals surface area contributed by atoms with Gasteiger partial charge in [-0.15, -0.1) is 11.8 Å². The van der Waals surface area contributed by atoms with Crippen LogP contribution in [0.5, 0.6) is 0 Å². The summed E-state index contributed by atoms with van der Waals surface area (Å²) in [5.74, 6) is 0.767. The predicted molar refractivity (Wildman–Crippen MR) is 108 cm³/mol. The van der Waals surface area contributed by atoms with Crippen molar-refractivity contribution in [3.05, 3.63) is 24.3 Å². The standard InChI is InChI=1S/C20H29N3O3S/c1-13(2)18-10-23-9-15(8-16(23)11-26-18)22-20(25)12-27-19-7-5-4-6-17(19)21-14(3)24/h4-7,13,15-16,18H,8-12H2,1-3H3,(H,21,24)(H,22,25)/t15-,16+,18+/m1/s1. The zero-order valence-corrected chi connectivity index (χ0v) is 17.1. The number of para-hydroxylation sites is 1. The Labute approximate surface area is 165 Å². The molecular formula is C20H29N3O3S. The van der Waals surface area contributed by atoms with Gasteiger partial charge < -0.3 is 15.4 Å². The van der Waals surface area contributed by atoms with Crippen molar-refractivity contribution < 1.29 is 14.3 Å². The number of hydrogen-bond acceptors (Lipinski definition) is 5. The van der Waals surface area contributed by atoms with E-state index in [9.17, 15) is 9.59 Å². The smallest absolute Gasteiger partial charge is 0.230 e. The van der Waals surface area contributed by atoms with Gasteiger partial charge in [-0.2, -0.15) is 0 Å². The fraction of sp³-hybridized carbons (Fsp3) is 0.600. The third kappa shape index (κ3) is 5.46. The SMILES string of the molecule is CC(=O)Nc1ccccc1SCC(=O)N[C@@H]1C[C@H]2CO[C@H](C(C)C)CN2C1. The molecule has 0 unspecified atom stereocenters. The molecule has 1 aromatic carbocycles. The maximum Gasteiger partial charge on any atom is 0.230 e. The second-order valence-corrected chi connectivity index (χ2v) is 8.71. The molecule has 0 saturated carbocycles. The first-order valence-electron chi connectivity index (χ1n) is 9.56. The van der Waals surface area contributed by atoms with E-state index in [1.807, 2.05) is 24.3 Å². The molecule has 2 heterocycles. The molecule has 3 atom stereocenters. The van der Waals surface area contributed by atoms with Crippen LogP contribution in [-0.2, 0) is 14.3 Å². The number of anilines is 1. The maximum atomic E-state index is 12.4. The Balaban J connectivity index is 1.48. The number of hydrogen-bond donors (Lipinski definition) is 2. The van der Waals surface area contributed by atoms with Gasteiger partial charge in [0.1, 0.15) is 0 Å². The minimum atomic E-state index is -0.114. The minimum absolute atomic E-state index is 0.0313. The fourth-order valence-electron chi connectivity index (χ4n) is 3.71. The van der Waals surface area contributed by atoms with Crippen LogP contribution in [0.3, 0.4) is 0 Å². The second-order valence-electron chi connectivity index (χ2n) is 7.69. The van der Waals surface area contributed by atoms with Gasteiger partial charge in [0.25, 0.3) is 0 Å². The van der Waals surface area contributed by atoms with Crippen LogP contribution in [0.15, 0.2) is 29.2 Å². The van der Waals surface area contributed by atoms with Crippen LogP contribution in [0.2, 0.25) is 0 Å². The van der Waals surface area contributed by atoms with E-state index in [4.69, 9.17) is 4.74 Å². The summed E-state index contributed by atoms with van der Waals surface area (Å²) in [5, 5.41) is 5.97. The summed E-state index contributed by atoms with van der Waals surface area (Å²) in [7, 11) is 0. The number of benzene rings is 1. The van der Waals surface area contributed by atoms with Crippen molar-refractivity contribution in [3.63, 3.8) is 0 Å². The number of nitrogens with one attached hydrogen (secondary N) is 2. The molecule has 6 nitrogen and oxygen atoms in total. The third-order valence-electron chi connectivity index (χ3n) is 5.11.